The molecule has 0 aliphatic carbocycles. The molecule has 5 nitrogen and oxygen atoms in total. The van der Waals surface area contributed by atoms with Crippen molar-refractivity contribution in [2.24, 2.45) is 0 Å². The third-order valence-electron chi connectivity index (χ3n) is 5.28. The van der Waals surface area contributed by atoms with Gasteiger partial charge >= 0.3 is 0 Å². The van der Waals surface area contributed by atoms with Gasteiger partial charge in [-0.1, -0.05) is 35.3 Å². The van der Waals surface area contributed by atoms with Gasteiger partial charge in [-0.3, -0.25) is 9.59 Å². The zero-order valence-electron chi connectivity index (χ0n) is 16.7. The van der Waals surface area contributed by atoms with E-state index in [-0.39, 0.29) is 29.3 Å². The van der Waals surface area contributed by atoms with Gasteiger partial charge in [0.2, 0.25) is 0 Å². The molecule has 2 heterocycles. The number of ether oxygens (including phenoxy) is 1. The lowest BCUT2D eigenvalue weighted by atomic mass is 10.1. The number of amides is 2. The van der Waals surface area contributed by atoms with Gasteiger partial charge in [-0.15, -0.1) is 11.3 Å². The number of benzene rings is 2. The molecule has 1 aromatic heterocycles. The molecule has 0 atom stereocenters. The van der Waals surface area contributed by atoms with Crippen molar-refractivity contribution >= 4 is 56.4 Å². The van der Waals surface area contributed by atoms with Gasteiger partial charge in [-0.25, -0.2) is 4.39 Å². The fraction of sp³-hybridized carbons (Fsp3) is 0.273. The van der Waals surface area contributed by atoms with E-state index < -0.39 is 0 Å². The predicted octanol–water partition coefficient (Wildman–Crippen LogP) is 5.09. The minimum Gasteiger partial charge on any atom is -0.380 e. The molecule has 1 saturated heterocycles. The van der Waals surface area contributed by atoms with Gasteiger partial charge in [0.05, 0.1) is 27.1 Å². The third kappa shape index (κ3) is 4.15. The van der Waals surface area contributed by atoms with Crippen LogP contribution in [-0.4, -0.2) is 54.9 Å². The molecule has 1 aliphatic heterocycles. The summed E-state index contributed by atoms with van der Waals surface area (Å²) in [4.78, 5) is 29.9. The molecule has 2 amide bonds. The average molecular weight is 481 g/mol. The van der Waals surface area contributed by atoms with Crippen LogP contribution in [0, 0.1) is 5.82 Å². The summed E-state index contributed by atoms with van der Waals surface area (Å²) in [6.45, 7) is 1.62. The topological polar surface area (TPSA) is 49.9 Å². The van der Waals surface area contributed by atoms with E-state index in [0.717, 1.165) is 0 Å². The Morgan fingerprint density at radius 3 is 2.35 bits per heavy atom. The lowest BCUT2D eigenvalue weighted by molar-refractivity contribution is 0.0536. The fourth-order valence-electron chi connectivity index (χ4n) is 3.72. The van der Waals surface area contributed by atoms with E-state index >= 15 is 0 Å². The smallest absolute Gasteiger partial charge is 0.264 e. The zero-order chi connectivity index (χ0) is 22.1. The van der Waals surface area contributed by atoms with Gasteiger partial charge in [0.1, 0.15) is 5.82 Å². The molecule has 162 valence electrons. The summed E-state index contributed by atoms with van der Waals surface area (Å²) in [5.41, 5.74) is 0.908. The molecular weight excluding hydrogens is 462 g/mol. The fourth-order valence-corrected chi connectivity index (χ4v) is 5.29. The molecule has 0 N–H and O–H groups in total. The Hall–Kier alpha value is -2.19. The number of hydrogen-bond donors (Lipinski definition) is 0. The average Bonchev–Trinajstić information content (AvgIpc) is 3.15. The van der Waals surface area contributed by atoms with Gasteiger partial charge in [0.15, 0.2) is 0 Å². The second-order valence-corrected chi connectivity index (χ2v) is 8.98. The van der Waals surface area contributed by atoms with Crippen LogP contribution in [0.5, 0.6) is 0 Å². The number of carbonyl (C=O) groups excluding carboxylic acids is 2. The first-order valence-electron chi connectivity index (χ1n) is 9.63. The van der Waals surface area contributed by atoms with E-state index in [2.05, 4.69) is 0 Å². The number of methoxy groups -OCH3 is 1. The van der Waals surface area contributed by atoms with E-state index in [9.17, 15) is 14.0 Å². The Kier molecular flexibility index (Phi) is 6.48. The summed E-state index contributed by atoms with van der Waals surface area (Å²) in [5.74, 6) is -0.766. The Morgan fingerprint density at radius 1 is 1.03 bits per heavy atom. The molecule has 1 aliphatic rings. The van der Waals surface area contributed by atoms with Crippen molar-refractivity contribution in [1.82, 2.24) is 9.80 Å². The Balaban J connectivity index is 1.52. The highest BCUT2D eigenvalue weighted by Gasteiger charge is 2.29. The summed E-state index contributed by atoms with van der Waals surface area (Å²) >= 11 is 13.5. The molecule has 9 heteroatoms. The summed E-state index contributed by atoms with van der Waals surface area (Å²) in [5, 5.41) is 0.982. The SMILES string of the molecule is COCc1c(C(=O)N2CCN(C(=O)c3cccc(Cl)c3Cl)CC2)sc2cccc(F)c12. The number of halogens is 3. The maximum Gasteiger partial charge on any atom is 0.264 e. The van der Waals surface area contributed by atoms with Gasteiger partial charge < -0.3 is 14.5 Å². The summed E-state index contributed by atoms with van der Waals surface area (Å²) < 4.78 is 20.4. The zero-order valence-corrected chi connectivity index (χ0v) is 19.0. The lowest BCUT2D eigenvalue weighted by Crippen LogP contribution is -2.50. The van der Waals surface area contributed by atoms with Crippen molar-refractivity contribution in [3.8, 4) is 0 Å². The lowest BCUT2D eigenvalue weighted by Gasteiger charge is -2.35. The first kappa shape index (κ1) is 22.0. The van der Waals surface area contributed by atoms with Crippen molar-refractivity contribution in [2.75, 3.05) is 33.3 Å². The minimum atomic E-state index is -0.367. The number of piperazine rings is 1. The Labute approximate surface area is 192 Å². The minimum absolute atomic E-state index is 0.147. The van der Waals surface area contributed by atoms with Crippen molar-refractivity contribution in [3.63, 3.8) is 0 Å². The normalized spacial score (nSPS) is 14.3. The van der Waals surface area contributed by atoms with Crippen molar-refractivity contribution in [2.45, 2.75) is 6.61 Å². The van der Waals surface area contributed by atoms with E-state index in [1.54, 1.807) is 40.1 Å². The maximum atomic E-state index is 14.4. The van der Waals surface area contributed by atoms with Crippen LogP contribution in [0.2, 0.25) is 10.0 Å². The van der Waals surface area contributed by atoms with Gasteiger partial charge in [0.25, 0.3) is 11.8 Å². The first-order valence-corrected chi connectivity index (χ1v) is 11.2. The van der Waals surface area contributed by atoms with E-state index in [0.29, 0.717) is 57.3 Å². The van der Waals surface area contributed by atoms with Gasteiger partial charge in [-0.2, -0.15) is 0 Å². The molecule has 3 aromatic rings. The van der Waals surface area contributed by atoms with Crippen LogP contribution in [-0.2, 0) is 11.3 Å². The quantitative estimate of drug-likeness (QED) is 0.522. The second-order valence-electron chi connectivity index (χ2n) is 7.14. The highest BCUT2D eigenvalue weighted by atomic mass is 35.5. The molecule has 1 fully saturated rings. The molecule has 0 unspecified atom stereocenters. The molecule has 0 bridgehead atoms. The Morgan fingerprint density at radius 2 is 1.68 bits per heavy atom. The standard InChI is InChI=1S/C22H19Cl2FN2O3S/c1-30-12-14-18-16(25)6-3-7-17(18)31-20(14)22(29)27-10-8-26(9-11-27)21(28)13-4-2-5-15(23)19(13)24/h2-7H,8-12H2,1H3. The van der Waals surface area contributed by atoms with Crippen LogP contribution < -0.4 is 0 Å². The summed E-state index contributed by atoms with van der Waals surface area (Å²) in [6.07, 6.45) is 0. The second kappa shape index (κ2) is 9.12. The van der Waals surface area contributed by atoms with Gasteiger partial charge in [-0.05, 0) is 24.3 Å². The van der Waals surface area contributed by atoms with Crippen molar-refractivity contribution < 1.29 is 18.7 Å². The molecule has 2 aromatic carbocycles. The monoisotopic (exact) mass is 480 g/mol. The molecule has 31 heavy (non-hydrogen) atoms. The maximum absolute atomic E-state index is 14.4. The van der Waals surface area contributed by atoms with Crippen LogP contribution >= 0.6 is 34.5 Å². The molecule has 0 spiro atoms. The Bertz CT molecular complexity index is 1160. The third-order valence-corrected chi connectivity index (χ3v) is 7.29. The van der Waals surface area contributed by atoms with Crippen LogP contribution in [0.1, 0.15) is 25.6 Å². The molecule has 0 saturated carbocycles. The number of hydrogen-bond acceptors (Lipinski definition) is 4. The summed E-state index contributed by atoms with van der Waals surface area (Å²) in [6, 6.07) is 9.75. The first-order chi connectivity index (χ1) is 14.9. The van der Waals surface area contributed by atoms with Crippen LogP contribution in [0.3, 0.4) is 0 Å². The molecule has 0 radical (unpaired) electrons. The van der Waals surface area contributed by atoms with Crippen molar-refractivity contribution in [3.05, 3.63) is 68.3 Å². The van der Waals surface area contributed by atoms with E-state index in [4.69, 9.17) is 27.9 Å². The van der Waals surface area contributed by atoms with E-state index in [1.807, 2.05) is 0 Å². The van der Waals surface area contributed by atoms with Crippen molar-refractivity contribution in [1.29, 1.82) is 0 Å². The molecular formula is C22H19Cl2FN2O3S. The molecule has 4 rings (SSSR count). The van der Waals surface area contributed by atoms with Crippen LogP contribution in [0.25, 0.3) is 10.1 Å². The number of rotatable bonds is 4. The number of fused-ring (bicyclic) bond motifs is 1. The largest absolute Gasteiger partial charge is 0.380 e. The van der Waals surface area contributed by atoms with Crippen LogP contribution in [0.15, 0.2) is 36.4 Å². The number of carbonyl (C=O) groups is 2. The highest BCUT2D eigenvalue weighted by molar-refractivity contribution is 7.21. The van der Waals surface area contributed by atoms with Gasteiger partial charge in [0, 0.05) is 48.9 Å². The summed E-state index contributed by atoms with van der Waals surface area (Å²) in [7, 11) is 1.52. The number of thiophene rings is 1. The predicted molar refractivity (Wildman–Crippen MR) is 121 cm³/mol. The number of nitrogens with zero attached hydrogens (tertiary/aromatic N) is 2. The highest BCUT2D eigenvalue weighted by Crippen LogP contribution is 2.35. The van der Waals surface area contributed by atoms with E-state index in [1.165, 1.54) is 24.5 Å². The van der Waals surface area contributed by atoms with Crippen LogP contribution in [0.4, 0.5) is 4.39 Å².